The van der Waals surface area contributed by atoms with Crippen LogP contribution in [0.1, 0.15) is 18.9 Å². The maximum Gasteiger partial charge on any atom is 0.211 e. The molecule has 0 amide bonds. The van der Waals surface area contributed by atoms with Crippen LogP contribution in [0.5, 0.6) is 0 Å². The van der Waals surface area contributed by atoms with Gasteiger partial charge in [-0.2, -0.15) is 0 Å². The molecule has 0 aliphatic carbocycles. The lowest BCUT2D eigenvalue weighted by atomic mass is 10.1. The summed E-state index contributed by atoms with van der Waals surface area (Å²) in [5, 5.41) is 4.26. The molecule has 118 valence electrons. The molecule has 0 bridgehead atoms. The zero-order valence-electron chi connectivity index (χ0n) is 12.5. The van der Waals surface area contributed by atoms with E-state index in [-0.39, 0.29) is 0 Å². The Bertz CT molecular complexity index is 560. The fraction of sp³-hybridized carbons (Fsp3) is 0.600. The molecule has 1 aromatic rings. The second-order valence-electron chi connectivity index (χ2n) is 5.92. The molecule has 1 heterocycles. The molecule has 2 unspecified atom stereocenters. The van der Waals surface area contributed by atoms with Crippen molar-refractivity contribution in [1.29, 1.82) is 0 Å². The molecule has 1 aliphatic heterocycles. The Kier molecular flexibility index (Phi) is 5.66. The molecule has 0 spiro atoms. The fourth-order valence-electron chi connectivity index (χ4n) is 2.68. The lowest BCUT2D eigenvalue weighted by Gasteiger charge is -2.18. The van der Waals surface area contributed by atoms with E-state index >= 15 is 0 Å². The molecule has 1 aromatic carbocycles. The van der Waals surface area contributed by atoms with Gasteiger partial charge in [0.1, 0.15) is 0 Å². The van der Waals surface area contributed by atoms with Gasteiger partial charge in [-0.15, -0.1) is 0 Å². The quantitative estimate of drug-likeness (QED) is 0.869. The standard InChI is InChI=1S/C15H23ClN2O2S/c1-12(9-13-3-5-15(16)6-4-13)17-10-14-7-8-18(11-14)21(2,19)20/h3-6,12,14,17H,7-11H2,1-2H3. The Morgan fingerprint density at radius 1 is 1.38 bits per heavy atom. The number of rotatable bonds is 6. The molecule has 1 N–H and O–H groups in total. The van der Waals surface area contributed by atoms with E-state index in [1.807, 2.05) is 24.3 Å². The van der Waals surface area contributed by atoms with E-state index < -0.39 is 10.0 Å². The van der Waals surface area contributed by atoms with Crippen molar-refractivity contribution in [3.63, 3.8) is 0 Å². The number of nitrogens with one attached hydrogen (secondary N) is 1. The molecule has 2 rings (SSSR count). The van der Waals surface area contributed by atoms with E-state index in [0.717, 1.165) is 24.4 Å². The zero-order chi connectivity index (χ0) is 15.5. The van der Waals surface area contributed by atoms with Crippen LogP contribution in [0.4, 0.5) is 0 Å². The molecular formula is C15H23ClN2O2S. The summed E-state index contributed by atoms with van der Waals surface area (Å²) in [6.45, 7) is 4.30. The summed E-state index contributed by atoms with van der Waals surface area (Å²) in [5.74, 6) is 0.410. The first-order valence-electron chi connectivity index (χ1n) is 7.27. The summed E-state index contributed by atoms with van der Waals surface area (Å²) in [6, 6.07) is 8.26. The van der Waals surface area contributed by atoms with Gasteiger partial charge in [-0.3, -0.25) is 0 Å². The first-order chi connectivity index (χ1) is 9.84. The van der Waals surface area contributed by atoms with Crippen LogP contribution >= 0.6 is 11.6 Å². The van der Waals surface area contributed by atoms with Crippen molar-refractivity contribution in [2.24, 2.45) is 5.92 Å². The van der Waals surface area contributed by atoms with Gasteiger partial charge in [0.25, 0.3) is 0 Å². The van der Waals surface area contributed by atoms with Gasteiger partial charge in [-0.05, 0) is 49.9 Å². The smallest absolute Gasteiger partial charge is 0.211 e. The number of hydrogen-bond donors (Lipinski definition) is 1. The van der Waals surface area contributed by atoms with Crippen LogP contribution in [-0.4, -0.2) is 44.7 Å². The summed E-state index contributed by atoms with van der Waals surface area (Å²) >= 11 is 5.88. The van der Waals surface area contributed by atoms with E-state index in [9.17, 15) is 8.42 Å². The van der Waals surface area contributed by atoms with E-state index in [2.05, 4.69) is 12.2 Å². The largest absolute Gasteiger partial charge is 0.314 e. The van der Waals surface area contributed by atoms with Crippen molar-refractivity contribution in [3.05, 3.63) is 34.9 Å². The molecule has 1 aliphatic rings. The predicted octanol–water partition coefficient (Wildman–Crippen LogP) is 2.14. The molecule has 4 nitrogen and oxygen atoms in total. The van der Waals surface area contributed by atoms with Gasteiger partial charge in [0, 0.05) is 24.2 Å². The van der Waals surface area contributed by atoms with Crippen LogP contribution in [0.25, 0.3) is 0 Å². The highest BCUT2D eigenvalue weighted by Gasteiger charge is 2.28. The summed E-state index contributed by atoms with van der Waals surface area (Å²) in [5.41, 5.74) is 1.25. The maximum atomic E-state index is 11.5. The van der Waals surface area contributed by atoms with E-state index in [4.69, 9.17) is 11.6 Å². The summed E-state index contributed by atoms with van der Waals surface area (Å²) in [7, 11) is -3.03. The van der Waals surface area contributed by atoms with Crippen molar-refractivity contribution in [2.45, 2.75) is 25.8 Å². The van der Waals surface area contributed by atoms with Gasteiger partial charge >= 0.3 is 0 Å². The normalized spacial score (nSPS) is 21.6. The second kappa shape index (κ2) is 7.09. The minimum Gasteiger partial charge on any atom is -0.314 e. The van der Waals surface area contributed by atoms with Gasteiger partial charge in [0.05, 0.1) is 6.26 Å². The topological polar surface area (TPSA) is 49.4 Å². The minimum absolute atomic E-state index is 0.360. The minimum atomic E-state index is -3.03. The highest BCUT2D eigenvalue weighted by Crippen LogP contribution is 2.18. The Morgan fingerprint density at radius 2 is 2.05 bits per heavy atom. The third-order valence-corrected chi connectivity index (χ3v) is 5.45. The molecule has 2 atom stereocenters. The molecule has 1 fully saturated rings. The Balaban J connectivity index is 1.75. The van der Waals surface area contributed by atoms with Crippen LogP contribution in [-0.2, 0) is 16.4 Å². The second-order valence-corrected chi connectivity index (χ2v) is 8.33. The first kappa shape index (κ1) is 16.7. The van der Waals surface area contributed by atoms with E-state index in [1.165, 1.54) is 11.8 Å². The molecule has 0 saturated carbocycles. The van der Waals surface area contributed by atoms with Gasteiger partial charge in [0.2, 0.25) is 10.0 Å². The number of benzene rings is 1. The number of sulfonamides is 1. The van der Waals surface area contributed by atoms with Gasteiger partial charge in [-0.25, -0.2) is 12.7 Å². The Morgan fingerprint density at radius 3 is 2.62 bits per heavy atom. The predicted molar refractivity (Wildman–Crippen MR) is 87.1 cm³/mol. The van der Waals surface area contributed by atoms with Crippen molar-refractivity contribution in [3.8, 4) is 0 Å². The Labute approximate surface area is 132 Å². The molecule has 0 aromatic heterocycles. The average Bonchev–Trinajstić information content (AvgIpc) is 2.88. The highest BCUT2D eigenvalue weighted by atomic mass is 35.5. The number of halogens is 1. The fourth-order valence-corrected chi connectivity index (χ4v) is 3.72. The maximum absolute atomic E-state index is 11.5. The third-order valence-electron chi connectivity index (χ3n) is 3.93. The summed E-state index contributed by atoms with van der Waals surface area (Å²) < 4.78 is 24.5. The highest BCUT2D eigenvalue weighted by molar-refractivity contribution is 7.88. The monoisotopic (exact) mass is 330 g/mol. The SMILES string of the molecule is CC(Cc1ccc(Cl)cc1)NCC1CCN(S(C)(=O)=O)C1. The van der Waals surface area contributed by atoms with Crippen LogP contribution in [0, 0.1) is 5.92 Å². The van der Waals surface area contributed by atoms with Gasteiger partial charge < -0.3 is 5.32 Å². The molecule has 6 heteroatoms. The van der Waals surface area contributed by atoms with Crippen LogP contribution in [0.2, 0.25) is 5.02 Å². The van der Waals surface area contributed by atoms with Crippen molar-refractivity contribution >= 4 is 21.6 Å². The number of hydrogen-bond acceptors (Lipinski definition) is 3. The van der Waals surface area contributed by atoms with Crippen LogP contribution < -0.4 is 5.32 Å². The summed E-state index contributed by atoms with van der Waals surface area (Å²) in [4.78, 5) is 0. The van der Waals surface area contributed by atoms with Crippen molar-refractivity contribution < 1.29 is 8.42 Å². The van der Waals surface area contributed by atoms with Crippen molar-refractivity contribution in [2.75, 3.05) is 25.9 Å². The number of nitrogens with zero attached hydrogens (tertiary/aromatic N) is 1. The summed E-state index contributed by atoms with van der Waals surface area (Å²) in [6.07, 6.45) is 3.17. The third kappa shape index (κ3) is 5.25. The average molecular weight is 331 g/mol. The molecule has 1 saturated heterocycles. The lowest BCUT2D eigenvalue weighted by molar-refractivity contribution is 0.428. The van der Waals surface area contributed by atoms with Crippen molar-refractivity contribution in [1.82, 2.24) is 9.62 Å². The van der Waals surface area contributed by atoms with Crippen LogP contribution in [0.3, 0.4) is 0 Å². The van der Waals surface area contributed by atoms with Crippen LogP contribution in [0.15, 0.2) is 24.3 Å². The molecular weight excluding hydrogens is 308 g/mol. The first-order valence-corrected chi connectivity index (χ1v) is 9.50. The van der Waals surface area contributed by atoms with Gasteiger partial charge in [0.15, 0.2) is 0 Å². The van der Waals surface area contributed by atoms with E-state index in [0.29, 0.717) is 25.0 Å². The lowest BCUT2D eigenvalue weighted by Crippen LogP contribution is -2.34. The molecule has 21 heavy (non-hydrogen) atoms. The van der Waals surface area contributed by atoms with Gasteiger partial charge in [-0.1, -0.05) is 23.7 Å². The van der Waals surface area contributed by atoms with E-state index in [1.54, 1.807) is 4.31 Å². The zero-order valence-corrected chi connectivity index (χ0v) is 14.1. The molecule has 0 radical (unpaired) electrons. The Hall–Kier alpha value is -0.620.